The summed E-state index contributed by atoms with van der Waals surface area (Å²) in [4.78, 5) is 29.9. The van der Waals surface area contributed by atoms with Crippen molar-refractivity contribution < 1.29 is 18.5 Å². The number of imide groups is 1. The highest BCUT2D eigenvalue weighted by molar-refractivity contribution is 6.06. The molecule has 3 heterocycles. The first-order valence-corrected chi connectivity index (χ1v) is 6.92. The number of urea groups is 1. The molecule has 0 aromatic carbocycles. The Morgan fingerprint density at radius 2 is 2.18 bits per heavy atom. The highest BCUT2D eigenvalue weighted by Crippen LogP contribution is 2.29. The fourth-order valence-corrected chi connectivity index (χ4v) is 2.27. The third-order valence-electron chi connectivity index (χ3n) is 3.58. The van der Waals surface area contributed by atoms with E-state index in [9.17, 15) is 9.59 Å². The minimum absolute atomic E-state index is 0.0688. The number of rotatable bonds is 4. The van der Waals surface area contributed by atoms with Crippen LogP contribution >= 0.6 is 0 Å². The Balaban J connectivity index is 1.83. The number of furan rings is 1. The molecule has 0 aliphatic carbocycles. The Kier molecular flexibility index (Phi) is 3.23. The van der Waals surface area contributed by atoms with Crippen LogP contribution in [0.15, 0.2) is 27.3 Å². The largest absolute Gasteiger partial charge is 0.466 e. The summed E-state index contributed by atoms with van der Waals surface area (Å²) in [6.07, 6.45) is 1.45. The first-order valence-electron chi connectivity index (χ1n) is 6.92. The zero-order valence-corrected chi connectivity index (χ0v) is 12.5. The number of hydrogen-bond acceptors (Lipinski definition) is 6. The van der Waals surface area contributed by atoms with Crippen LogP contribution in [0, 0.1) is 0 Å². The predicted molar refractivity (Wildman–Crippen MR) is 73.5 cm³/mol. The van der Waals surface area contributed by atoms with Crippen molar-refractivity contribution in [2.24, 2.45) is 0 Å². The Morgan fingerprint density at radius 1 is 1.41 bits per heavy atom. The summed E-state index contributed by atoms with van der Waals surface area (Å²) in [5.74, 6) is 0.819. The summed E-state index contributed by atoms with van der Waals surface area (Å²) >= 11 is 0. The second-order valence-corrected chi connectivity index (χ2v) is 5.62. The minimum Gasteiger partial charge on any atom is -0.466 e. The summed E-state index contributed by atoms with van der Waals surface area (Å²) in [6.45, 7) is 5.38. The van der Waals surface area contributed by atoms with Gasteiger partial charge in [-0.05, 0) is 19.1 Å². The smallest absolute Gasteiger partial charge is 0.325 e. The van der Waals surface area contributed by atoms with Gasteiger partial charge in [0, 0.05) is 5.92 Å². The molecule has 1 saturated heterocycles. The lowest BCUT2D eigenvalue weighted by Crippen LogP contribution is -2.40. The van der Waals surface area contributed by atoms with Gasteiger partial charge in [0.05, 0.1) is 6.26 Å². The fourth-order valence-electron chi connectivity index (χ4n) is 2.27. The summed E-state index contributed by atoms with van der Waals surface area (Å²) in [6, 6.07) is 2.79. The van der Waals surface area contributed by atoms with Crippen molar-refractivity contribution in [2.75, 3.05) is 0 Å². The molecule has 3 rings (SSSR count). The number of hydrogen-bond donors (Lipinski definition) is 1. The summed E-state index contributed by atoms with van der Waals surface area (Å²) in [5.41, 5.74) is -1.22. The van der Waals surface area contributed by atoms with E-state index in [2.05, 4.69) is 15.5 Å². The molecule has 2 aromatic heterocycles. The highest BCUT2D eigenvalue weighted by atomic mass is 16.5. The molecule has 1 N–H and O–H groups in total. The number of nitrogens with one attached hydrogen (secondary N) is 1. The Morgan fingerprint density at radius 3 is 2.77 bits per heavy atom. The van der Waals surface area contributed by atoms with Crippen LogP contribution in [0.25, 0.3) is 0 Å². The lowest BCUT2D eigenvalue weighted by atomic mass is 9.99. The van der Waals surface area contributed by atoms with E-state index >= 15 is 0 Å². The normalized spacial score (nSPS) is 21.7. The second kappa shape index (κ2) is 4.97. The molecule has 3 amide bonds. The summed E-state index contributed by atoms with van der Waals surface area (Å²) < 4.78 is 10.3. The molecule has 0 radical (unpaired) electrons. The van der Waals surface area contributed by atoms with Crippen molar-refractivity contribution in [1.29, 1.82) is 0 Å². The molecule has 1 unspecified atom stereocenters. The lowest BCUT2D eigenvalue weighted by molar-refractivity contribution is -0.132. The molecule has 0 saturated carbocycles. The van der Waals surface area contributed by atoms with E-state index < -0.39 is 17.5 Å². The first kappa shape index (κ1) is 14.3. The molecule has 8 nitrogen and oxygen atoms in total. The molecule has 1 aliphatic heterocycles. The lowest BCUT2D eigenvalue weighted by Gasteiger charge is -2.18. The molecule has 1 aliphatic rings. The molecule has 2 aromatic rings. The van der Waals surface area contributed by atoms with Gasteiger partial charge in [-0.15, -0.1) is 0 Å². The SMILES string of the molecule is CC(C)c1noc(CN2C(=O)NC(C)(c3ccco3)C2=O)n1. The quantitative estimate of drug-likeness (QED) is 0.863. The maximum absolute atomic E-state index is 12.6. The molecule has 1 fully saturated rings. The van der Waals surface area contributed by atoms with Gasteiger partial charge in [0.1, 0.15) is 12.3 Å². The zero-order valence-electron chi connectivity index (χ0n) is 12.5. The monoisotopic (exact) mass is 304 g/mol. The number of nitrogens with zero attached hydrogens (tertiary/aromatic N) is 3. The van der Waals surface area contributed by atoms with Crippen molar-refractivity contribution in [3.8, 4) is 0 Å². The number of carbonyl (C=O) groups is 2. The Hall–Kier alpha value is -2.64. The van der Waals surface area contributed by atoms with Gasteiger partial charge >= 0.3 is 6.03 Å². The van der Waals surface area contributed by atoms with Crippen LogP contribution in [0.2, 0.25) is 0 Å². The van der Waals surface area contributed by atoms with Crippen LogP contribution < -0.4 is 5.32 Å². The molecule has 1 atom stereocenters. The van der Waals surface area contributed by atoms with E-state index in [0.29, 0.717) is 11.6 Å². The molecule has 22 heavy (non-hydrogen) atoms. The van der Waals surface area contributed by atoms with Crippen molar-refractivity contribution in [3.63, 3.8) is 0 Å². The van der Waals surface area contributed by atoms with Crippen LogP contribution in [0.4, 0.5) is 4.79 Å². The second-order valence-electron chi connectivity index (χ2n) is 5.62. The number of carbonyl (C=O) groups excluding carboxylic acids is 2. The standard InChI is InChI=1S/C14H16N4O4/c1-8(2)11-15-10(22-17-11)7-18-12(19)14(3,16-13(18)20)9-5-4-6-21-9/h4-6,8H,7H2,1-3H3,(H,16,20). The van der Waals surface area contributed by atoms with Gasteiger partial charge in [-0.3, -0.25) is 9.69 Å². The van der Waals surface area contributed by atoms with E-state index in [0.717, 1.165) is 4.90 Å². The average Bonchev–Trinajstić information content (AvgIpc) is 3.17. The molecule has 116 valence electrons. The molecular weight excluding hydrogens is 288 g/mol. The van der Waals surface area contributed by atoms with Crippen molar-refractivity contribution in [3.05, 3.63) is 35.9 Å². The van der Waals surface area contributed by atoms with Crippen LogP contribution in [0.5, 0.6) is 0 Å². The third-order valence-corrected chi connectivity index (χ3v) is 3.58. The molecule has 0 bridgehead atoms. The van der Waals surface area contributed by atoms with Gasteiger partial charge in [-0.2, -0.15) is 4.98 Å². The zero-order chi connectivity index (χ0) is 15.9. The van der Waals surface area contributed by atoms with Crippen LogP contribution in [-0.2, 0) is 16.9 Å². The maximum atomic E-state index is 12.6. The maximum Gasteiger partial charge on any atom is 0.325 e. The number of amides is 3. The van der Waals surface area contributed by atoms with Crippen molar-refractivity contribution in [2.45, 2.75) is 38.8 Å². The van der Waals surface area contributed by atoms with Gasteiger partial charge in [-0.25, -0.2) is 4.79 Å². The first-order chi connectivity index (χ1) is 10.4. The van der Waals surface area contributed by atoms with Crippen LogP contribution in [-0.4, -0.2) is 27.0 Å². The molecule has 8 heteroatoms. The van der Waals surface area contributed by atoms with Crippen LogP contribution in [0.3, 0.4) is 0 Å². The predicted octanol–water partition coefficient (Wildman–Crippen LogP) is 1.75. The van der Waals surface area contributed by atoms with E-state index in [4.69, 9.17) is 8.94 Å². The molecule has 0 spiro atoms. The van der Waals surface area contributed by atoms with E-state index in [1.165, 1.54) is 6.26 Å². The van der Waals surface area contributed by atoms with Gasteiger partial charge in [0.2, 0.25) is 5.89 Å². The van der Waals surface area contributed by atoms with E-state index in [1.54, 1.807) is 19.1 Å². The Bertz CT molecular complexity index is 706. The van der Waals surface area contributed by atoms with E-state index in [-0.39, 0.29) is 18.4 Å². The third kappa shape index (κ3) is 2.16. The van der Waals surface area contributed by atoms with Crippen molar-refractivity contribution >= 4 is 11.9 Å². The summed E-state index contributed by atoms with van der Waals surface area (Å²) in [5, 5.41) is 6.46. The average molecular weight is 304 g/mol. The van der Waals surface area contributed by atoms with Gasteiger partial charge in [-0.1, -0.05) is 19.0 Å². The topological polar surface area (TPSA) is 101 Å². The number of aromatic nitrogens is 2. The minimum atomic E-state index is -1.22. The molecular formula is C14H16N4O4. The van der Waals surface area contributed by atoms with Crippen LogP contribution in [0.1, 0.15) is 44.2 Å². The van der Waals surface area contributed by atoms with Crippen molar-refractivity contribution in [1.82, 2.24) is 20.4 Å². The fraction of sp³-hybridized carbons (Fsp3) is 0.429. The van der Waals surface area contributed by atoms with Gasteiger partial charge < -0.3 is 14.3 Å². The van der Waals surface area contributed by atoms with Gasteiger partial charge in [0.25, 0.3) is 5.91 Å². The van der Waals surface area contributed by atoms with E-state index in [1.807, 2.05) is 13.8 Å². The highest BCUT2D eigenvalue weighted by Gasteiger charge is 2.51. The van der Waals surface area contributed by atoms with Gasteiger partial charge in [0.15, 0.2) is 11.4 Å². The summed E-state index contributed by atoms with van der Waals surface area (Å²) in [7, 11) is 0. The Labute approximate surface area is 126 Å².